The van der Waals surface area contributed by atoms with Gasteiger partial charge in [-0.25, -0.2) is 4.99 Å². The predicted octanol–water partition coefficient (Wildman–Crippen LogP) is 4.59. The average molecular weight is 438 g/mol. The molecule has 2 aromatic rings. The van der Waals surface area contributed by atoms with Crippen molar-refractivity contribution in [1.29, 1.82) is 0 Å². The van der Waals surface area contributed by atoms with Gasteiger partial charge < -0.3 is 10.1 Å². The Labute approximate surface area is 176 Å². The summed E-state index contributed by atoms with van der Waals surface area (Å²) in [6, 6.07) is 11.8. The Kier molecular flexibility index (Phi) is 6.49. The summed E-state index contributed by atoms with van der Waals surface area (Å²) in [5, 5.41) is 3.51. The number of ether oxygens (including phenoxy) is 1. The Morgan fingerprint density at radius 3 is 2.46 bits per heavy atom. The molecule has 1 atom stereocenters. The number of carbonyl (C=O) groups is 2. The summed E-state index contributed by atoms with van der Waals surface area (Å²) < 4.78 is 5.10. The summed E-state index contributed by atoms with van der Waals surface area (Å²) in [6.07, 6.45) is 0.0818. The van der Waals surface area contributed by atoms with Crippen molar-refractivity contribution in [3.63, 3.8) is 0 Å². The number of methoxy groups -OCH3 is 1. The summed E-state index contributed by atoms with van der Waals surface area (Å²) in [6.45, 7) is 0. The van der Waals surface area contributed by atoms with Gasteiger partial charge in [0, 0.05) is 29.2 Å². The fourth-order valence-corrected chi connectivity index (χ4v) is 4.09. The second-order valence-electron chi connectivity index (χ2n) is 6.00. The minimum absolute atomic E-state index is 0.0818. The molecule has 1 N–H and O–H groups in total. The third-order valence-electron chi connectivity index (χ3n) is 3.99. The Hall–Kier alpha value is -2.22. The van der Waals surface area contributed by atoms with Crippen LogP contribution in [0.1, 0.15) is 6.42 Å². The van der Waals surface area contributed by atoms with E-state index >= 15 is 0 Å². The van der Waals surface area contributed by atoms with E-state index in [1.807, 2.05) is 0 Å². The number of hydrogen-bond donors (Lipinski definition) is 1. The van der Waals surface area contributed by atoms with Gasteiger partial charge in [-0.3, -0.25) is 14.5 Å². The summed E-state index contributed by atoms with van der Waals surface area (Å²) in [5.41, 5.74) is 1.13. The van der Waals surface area contributed by atoms with Crippen LogP contribution in [-0.2, 0) is 9.59 Å². The van der Waals surface area contributed by atoms with Crippen LogP contribution < -0.4 is 10.1 Å². The van der Waals surface area contributed by atoms with Crippen LogP contribution in [-0.4, -0.2) is 41.3 Å². The lowest BCUT2D eigenvalue weighted by Crippen LogP contribution is -2.43. The zero-order chi connectivity index (χ0) is 20.3. The quantitative estimate of drug-likeness (QED) is 0.758. The smallest absolute Gasteiger partial charge is 0.238 e. The molecule has 0 aromatic heterocycles. The Morgan fingerprint density at radius 2 is 1.86 bits per heavy atom. The molecule has 1 aliphatic rings. The van der Waals surface area contributed by atoms with Crippen molar-refractivity contribution in [3.8, 4) is 5.75 Å². The molecule has 1 unspecified atom stereocenters. The monoisotopic (exact) mass is 437 g/mol. The van der Waals surface area contributed by atoms with E-state index in [0.29, 0.717) is 32.3 Å². The standard InChI is InChI=1S/C19H17Cl2N3O3S/c1-24-17(25)10-16(18(26)22-13-3-5-15(27-2)6-4-13)28-19(24)23-14-8-11(20)7-12(21)9-14/h3-9,16H,10H2,1-2H3,(H,22,26). The molecule has 9 heteroatoms. The van der Waals surface area contributed by atoms with E-state index in [1.54, 1.807) is 56.6 Å². The van der Waals surface area contributed by atoms with Gasteiger partial charge >= 0.3 is 0 Å². The van der Waals surface area contributed by atoms with Crippen molar-refractivity contribution in [2.45, 2.75) is 11.7 Å². The highest BCUT2D eigenvalue weighted by molar-refractivity contribution is 8.15. The number of carbonyl (C=O) groups excluding carboxylic acids is 2. The molecule has 6 nitrogen and oxygen atoms in total. The van der Waals surface area contributed by atoms with Crippen molar-refractivity contribution in [3.05, 3.63) is 52.5 Å². The molecule has 0 aliphatic carbocycles. The fraction of sp³-hybridized carbons (Fsp3) is 0.211. The molecule has 0 bridgehead atoms. The molecule has 1 fully saturated rings. The molecular formula is C19H17Cl2N3O3S. The topological polar surface area (TPSA) is 71.0 Å². The third-order valence-corrected chi connectivity index (χ3v) is 5.67. The molecule has 3 rings (SSSR count). The first-order chi connectivity index (χ1) is 13.4. The van der Waals surface area contributed by atoms with E-state index in [0.717, 1.165) is 0 Å². The zero-order valence-corrected chi connectivity index (χ0v) is 17.4. The zero-order valence-electron chi connectivity index (χ0n) is 15.1. The Balaban J connectivity index is 1.77. The fourth-order valence-electron chi connectivity index (χ4n) is 2.51. The number of benzene rings is 2. The minimum Gasteiger partial charge on any atom is -0.497 e. The van der Waals surface area contributed by atoms with Gasteiger partial charge in [0.15, 0.2) is 5.17 Å². The molecule has 2 aromatic carbocycles. The van der Waals surface area contributed by atoms with E-state index < -0.39 is 5.25 Å². The van der Waals surface area contributed by atoms with Gasteiger partial charge in [-0.15, -0.1) is 0 Å². The van der Waals surface area contributed by atoms with Crippen LogP contribution in [0.25, 0.3) is 0 Å². The number of halogens is 2. The second kappa shape index (κ2) is 8.86. The number of nitrogens with one attached hydrogen (secondary N) is 1. The molecule has 1 heterocycles. The number of amides is 2. The predicted molar refractivity (Wildman–Crippen MR) is 114 cm³/mol. The minimum atomic E-state index is -0.598. The maximum Gasteiger partial charge on any atom is 0.238 e. The largest absolute Gasteiger partial charge is 0.497 e. The Bertz CT molecular complexity index is 914. The molecular weight excluding hydrogens is 421 g/mol. The average Bonchev–Trinajstić information content (AvgIpc) is 2.65. The number of aliphatic imine (C=N–C) groups is 1. The van der Waals surface area contributed by atoms with E-state index in [4.69, 9.17) is 27.9 Å². The van der Waals surface area contributed by atoms with Gasteiger partial charge in [-0.2, -0.15) is 0 Å². The Morgan fingerprint density at radius 1 is 1.21 bits per heavy atom. The van der Waals surface area contributed by atoms with E-state index in [9.17, 15) is 9.59 Å². The number of nitrogens with zero attached hydrogens (tertiary/aromatic N) is 2. The molecule has 28 heavy (non-hydrogen) atoms. The van der Waals surface area contributed by atoms with Gasteiger partial charge in [0.05, 0.1) is 12.8 Å². The van der Waals surface area contributed by atoms with Gasteiger partial charge in [0.2, 0.25) is 11.8 Å². The highest BCUT2D eigenvalue weighted by atomic mass is 35.5. The van der Waals surface area contributed by atoms with Crippen LogP contribution in [0.5, 0.6) is 5.75 Å². The lowest BCUT2D eigenvalue weighted by Gasteiger charge is -2.28. The maximum absolute atomic E-state index is 12.6. The molecule has 0 saturated carbocycles. The number of anilines is 1. The molecule has 146 valence electrons. The highest BCUT2D eigenvalue weighted by Crippen LogP contribution is 2.31. The van der Waals surface area contributed by atoms with Gasteiger partial charge in [-0.05, 0) is 42.5 Å². The molecule has 1 aliphatic heterocycles. The summed E-state index contributed by atoms with van der Waals surface area (Å²) >= 11 is 13.2. The normalized spacial score (nSPS) is 18.3. The van der Waals surface area contributed by atoms with E-state index in [-0.39, 0.29) is 18.2 Å². The van der Waals surface area contributed by atoms with Crippen LogP contribution in [0.4, 0.5) is 11.4 Å². The summed E-state index contributed by atoms with van der Waals surface area (Å²) in [7, 11) is 3.19. The summed E-state index contributed by atoms with van der Waals surface area (Å²) in [4.78, 5) is 30.9. The first-order valence-corrected chi connectivity index (χ1v) is 9.92. The van der Waals surface area contributed by atoms with Gasteiger partial charge in [0.1, 0.15) is 11.0 Å². The van der Waals surface area contributed by atoms with Gasteiger partial charge in [-0.1, -0.05) is 35.0 Å². The molecule has 2 amide bonds. The van der Waals surface area contributed by atoms with Crippen LogP contribution in [0.3, 0.4) is 0 Å². The maximum atomic E-state index is 12.6. The lowest BCUT2D eigenvalue weighted by molar-refractivity contribution is -0.128. The number of thioether (sulfide) groups is 1. The number of rotatable bonds is 4. The third kappa shape index (κ3) is 4.98. The SMILES string of the molecule is COc1ccc(NC(=O)C2CC(=O)N(C)C(=Nc3cc(Cl)cc(Cl)c3)S2)cc1. The van der Waals surface area contributed by atoms with Crippen LogP contribution in [0.15, 0.2) is 47.5 Å². The highest BCUT2D eigenvalue weighted by Gasteiger charge is 2.34. The lowest BCUT2D eigenvalue weighted by atomic mass is 10.2. The molecule has 1 saturated heterocycles. The van der Waals surface area contributed by atoms with Crippen molar-refractivity contribution in [2.75, 3.05) is 19.5 Å². The molecule has 0 spiro atoms. The van der Waals surface area contributed by atoms with Crippen molar-refractivity contribution in [1.82, 2.24) is 4.90 Å². The van der Waals surface area contributed by atoms with Crippen molar-refractivity contribution in [2.24, 2.45) is 4.99 Å². The second-order valence-corrected chi connectivity index (χ2v) is 8.05. The number of hydrogen-bond acceptors (Lipinski definition) is 5. The molecule has 0 radical (unpaired) electrons. The first-order valence-electron chi connectivity index (χ1n) is 8.28. The van der Waals surface area contributed by atoms with Crippen LogP contribution in [0.2, 0.25) is 10.0 Å². The van der Waals surface area contributed by atoms with Crippen LogP contribution in [0, 0.1) is 0 Å². The van der Waals surface area contributed by atoms with E-state index in [2.05, 4.69) is 10.3 Å². The van der Waals surface area contributed by atoms with Crippen LogP contribution >= 0.6 is 35.0 Å². The number of amidine groups is 1. The van der Waals surface area contributed by atoms with Crippen molar-refractivity contribution < 1.29 is 14.3 Å². The summed E-state index contributed by atoms with van der Waals surface area (Å²) in [5.74, 6) is 0.227. The van der Waals surface area contributed by atoms with E-state index in [1.165, 1.54) is 16.7 Å². The first kappa shape index (κ1) is 20.5. The van der Waals surface area contributed by atoms with Crippen molar-refractivity contribution >= 4 is 63.3 Å². The van der Waals surface area contributed by atoms with Gasteiger partial charge in [0.25, 0.3) is 0 Å².